The number of nitrogen functional groups attached to an aromatic ring is 2. The van der Waals surface area contributed by atoms with Gasteiger partial charge in [-0.25, -0.2) is 0 Å². The van der Waals surface area contributed by atoms with Gasteiger partial charge in [-0.2, -0.15) is 0 Å². The minimum absolute atomic E-state index is 0.589. The lowest BCUT2D eigenvalue weighted by Crippen LogP contribution is -1.95. The number of aromatic nitrogens is 1. The summed E-state index contributed by atoms with van der Waals surface area (Å²) in [4.78, 5) is 4.21. The van der Waals surface area contributed by atoms with E-state index in [0.29, 0.717) is 11.4 Å². The Hall–Kier alpha value is -1.77. The number of hydrogen-bond acceptors (Lipinski definition) is 3. The molecule has 0 aliphatic rings. The molecule has 3 nitrogen and oxygen atoms in total. The van der Waals surface area contributed by atoms with Crippen molar-refractivity contribution in [2.45, 2.75) is 6.92 Å². The molecule has 4 N–H and O–H groups in total. The molecule has 2 aromatic rings. The van der Waals surface area contributed by atoms with Crippen LogP contribution in [-0.4, -0.2) is 4.98 Å². The van der Waals surface area contributed by atoms with Crippen LogP contribution in [0.1, 0.15) is 5.56 Å². The van der Waals surface area contributed by atoms with Gasteiger partial charge in [0.1, 0.15) is 0 Å². The third kappa shape index (κ3) is 1.18. The van der Waals surface area contributed by atoms with Gasteiger partial charge in [-0.05, 0) is 30.7 Å². The molecule has 0 atom stereocenters. The molecule has 0 bridgehead atoms. The number of pyridine rings is 1. The molecule has 3 heteroatoms. The molecule has 13 heavy (non-hydrogen) atoms. The van der Waals surface area contributed by atoms with Crippen LogP contribution in [-0.2, 0) is 0 Å². The van der Waals surface area contributed by atoms with Gasteiger partial charge in [-0.1, -0.05) is 0 Å². The van der Waals surface area contributed by atoms with E-state index >= 15 is 0 Å². The molecule has 66 valence electrons. The van der Waals surface area contributed by atoms with Gasteiger partial charge in [0.05, 0.1) is 16.9 Å². The quantitative estimate of drug-likeness (QED) is 0.596. The van der Waals surface area contributed by atoms with Crippen LogP contribution in [0.2, 0.25) is 0 Å². The van der Waals surface area contributed by atoms with Crippen molar-refractivity contribution in [3.63, 3.8) is 0 Å². The lowest BCUT2D eigenvalue weighted by molar-refractivity contribution is 1.37. The Morgan fingerprint density at radius 2 is 1.85 bits per heavy atom. The lowest BCUT2D eigenvalue weighted by Gasteiger charge is -2.04. The highest BCUT2D eigenvalue weighted by Gasteiger charge is 2.01. The minimum atomic E-state index is 0.589. The van der Waals surface area contributed by atoms with Gasteiger partial charge in [0.2, 0.25) is 0 Å². The van der Waals surface area contributed by atoms with Crippen LogP contribution in [0.5, 0.6) is 0 Å². The molecule has 0 saturated carbocycles. The predicted molar refractivity (Wildman–Crippen MR) is 55.3 cm³/mol. The Balaban J connectivity index is 2.89. The van der Waals surface area contributed by atoms with E-state index in [-0.39, 0.29) is 0 Å². The fraction of sp³-hybridized carbons (Fsp3) is 0.100. The first kappa shape index (κ1) is 7.86. The summed E-state index contributed by atoms with van der Waals surface area (Å²) in [5.41, 5.74) is 14.6. The highest BCUT2D eigenvalue weighted by atomic mass is 14.7. The number of nitrogens with two attached hydrogens (primary N) is 2. The maximum atomic E-state index is 5.70. The molecule has 2 rings (SSSR count). The number of hydrogen-bond donors (Lipinski definition) is 2. The summed E-state index contributed by atoms with van der Waals surface area (Å²) < 4.78 is 0. The zero-order valence-electron chi connectivity index (χ0n) is 7.41. The highest BCUT2D eigenvalue weighted by Crippen LogP contribution is 2.24. The molecule has 1 aromatic carbocycles. The van der Waals surface area contributed by atoms with Crippen molar-refractivity contribution >= 4 is 22.3 Å². The fourth-order valence-corrected chi connectivity index (χ4v) is 1.36. The molecule has 1 aromatic heterocycles. The molecule has 0 saturated heterocycles. The highest BCUT2D eigenvalue weighted by molar-refractivity contribution is 5.90. The number of rotatable bonds is 0. The van der Waals surface area contributed by atoms with Crippen LogP contribution in [0, 0.1) is 6.92 Å². The van der Waals surface area contributed by atoms with Crippen molar-refractivity contribution < 1.29 is 0 Å². The van der Waals surface area contributed by atoms with Crippen molar-refractivity contribution in [1.29, 1.82) is 0 Å². The van der Waals surface area contributed by atoms with E-state index in [1.165, 1.54) is 0 Å². The second-order valence-electron chi connectivity index (χ2n) is 3.13. The molecule has 0 unspecified atom stereocenters. The minimum Gasteiger partial charge on any atom is -0.397 e. The Bertz CT molecular complexity index is 463. The second-order valence-corrected chi connectivity index (χ2v) is 3.13. The number of anilines is 2. The van der Waals surface area contributed by atoms with Gasteiger partial charge in [0.25, 0.3) is 0 Å². The van der Waals surface area contributed by atoms with Crippen LogP contribution < -0.4 is 11.5 Å². The van der Waals surface area contributed by atoms with Gasteiger partial charge in [-0.3, -0.25) is 4.98 Å². The molecule has 0 aliphatic carbocycles. The molecule has 0 fully saturated rings. The summed E-state index contributed by atoms with van der Waals surface area (Å²) in [5, 5.41) is 1.06. The van der Waals surface area contributed by atoms with Gasteiger partial charge in [0, 0.05) is 11.6 Å². The van der Waals surface area contributed by atoms with Gasteiger partial charge in [0.15, 0.2) is 0 Å². The Kier molecular flexibility index (Phi) is 1.59. The van der Waals surface area contributed by atoms with Crippen molar-refractivity contribution in [2.24, 2.45) is 0 Å². The van der Waals surface area contributed by atoms with E-state index in [2.05, 4.69) is 4.98 Å². The summed E-state index contributed by atoms with van der Waals surface area (Å²) in [6.07, 6.45) is 1.77. The van der Waals surface area contributed by atoms with Crippen molar-refractivity contribution in [2.75, 3.05) is 11.5 Å². The number of fused-ring (bicyclic) bond motifs is 1. The number of benzene rings is 1. The zero-order chi connectivity index (χ0) is 9.42. The van der Waals surface area contributed by atoms with E-state index < -0.39 is 0 Å². The topological polar surface area (TPSA) is 64.9 Å². The van der Waals surface area contributed by atoms with Crippen LogP contribution in [0.15, 0.2) is 24.4 Å². The molecule has 0 spiro atoms. The maximum absolute atomic E-state index is 5.70. The summed E-state index contributed by atoms with van der Waals surface area (Å²) in [6.45, 7) is 2.03. The Morgan fingerprint density at radius 1 is 1.15 bits per heavy atom. The van der Waals surface area contributed by atoms with Gasteiger partial charge in [-0.15, -0.1) is 0 Å². The van der Waals surface area contributed by atoms with Gasteiger partial charge >= 0.3 is 0 Å². The average Bonchev–Trinajstić information content (AvgIpc) is 2.09. The van der Waals surface area contributed by atoms with Crippen LogP contribution in [0.4, 0.5) is 11.4 Å². The molecular formula is C10H11N3. The first-order valence-corrected chi connectivity index (χ1v) is 4.09. The normalized spacial score (nSPS) is 10.5. The summed E-state index contributed by atoms with van der Waals surface area (Å²) in [5.74, 6) is 0. The van der Waals surface area contributed by atoms with Crippen molar-refractivity contribution in [3.05, 3.63) is 30.0 Å². The molecule has 0 aliphatic heterocycles. The summed E-state index contributed by atoms with van der Waals surface area (Å²) >= 11 is 0. The first-order chi connectivity index (χ1) is 6.18. The smallest absolute Gasteiger partial charge is 0.0726 e. The van der Waals surface area contributed by atoms with E-state index in [4.69, 9.17) is 11.5 Å². The molecule has 1 heterocycles. The largest absolute Gasteiger partial charge is 0.397 e. The van der Waals surface area contributed by atoms with E-state index in [0.717, 1.165) is 16.5 Å². The Labute approximate surface area is 76.4 Å². The fourth-order valence-electron chi connectivity index (χ4n) is 1.36. The van der Waals surface area contributed by atoms with Crippen LogP contribution in [0.25, 0.3) is 10.9 Å². The monoisotopic (exact) mass is 173 g/mol. The maximum Gasteiger partial charge on any atom is 0.0726 e. The molecule has 0 amide bonds. The molecule has 0 radical (unpaired) electrons. The van der Waals surface area contributed by atoms with E-state index in [1.807, 2.05) is 19.1 Å². The van der Waals surface area contributed by atoms with Crippen LogP contribution in [0.3, 0.4) is 0 Å². The third-order valence-electron chi connectivity index (χ3n) is 2.16. The van der Waals surface area contributed by atoms with E-state index in [9.17, 15) is 0 Å². The van der Waals surface area contributed by atoms with E-state index in [1.54, 1.807) is 12.3 Å². The third-order valence-corrected chi connectivity index (χ3v) is 2.16. The zero-order valence-corrected chi connectivity index (χ0v) is 7.41. The summed E-state index contributed by atoms with van der Waals surface area (Å²) in [7, 11) is 0. The SMILES string of the molecule is Cc1ccnc2cc(N)c(N)cc12. The second kappa shape index (κ2) is 2.62. The first-order valence-electron chi connectivity index (χ1n) is 4.09. The van der Waals surface area contributed by atoms with Gasteiger partial charge < -0.3 is 11.5 Å². The number of aryl methyl sites for hydroxylation is 1. The lowest BCUT2D eigenvalue weighted by atomic mass is 10.1. The number of nitrogens with zero attached hydrogens (tertiary/aromatic N) is 1. The molecular weight excluding hydrogens is 162 g/mol. The van der Waals surface area contributed by atoms with Crippen molar-refractivity contribution in [3.8, 4) is 0 Å². The van der Waals surface area contributed by atoms with Crippen LogP contribution >= 0.6 is 0 Å². The average molecular weight is 173 g/mol. The summed E-state index contributed by atoms with van der Waals surface area (Å²) in [6, 6.07) is 5.63. The van der Waals surface area contributed by atoms with Crippen molar-refractivity contribution in [1.82, 2.24) is 4.98 Å². The Morgan fingerprint density at radius 3 is 2.62 bits per heavy atom. The predicted octanol–water partition coefficient (Wildman–Crippen LogP) is 1.71. The standard InChI is InChI=1S/C10H11N3/c1-6-2-3-13-10-5-9(12)8(11)4-7(6)10/h2-5H,11-12H2,1H3.